The average molecular weight is 353 g/mol. The Morgan fingerprint density at radius 2 is 2.04 bits per heavy atom. The largest absolute Gasteiger partial charge is 0.348 e. The lowest BCUT2D eigenvalue weighted by molar-refractivity contribution is -0.132. The fourth-order valence-electron chi connectivity index (χ4n) is 4.95. The molecule has 3 aliphatic rings. The Morgan fingerprint density at radius 1 is 1.23 bits per heavy atom. The first-order valence-electron chi connectivity index (χ1n) is 9.83. The van der Waals surface area contributed by atoms with Gasteiger partial charge in [-0.05, 0) is 49.5 Å². The molecule has 1 aromatic carbocycles. The molecule has 26 heavy (non-hydrogen) atoms. The number of benzene rings is 1. The van der Waals surface area contributed by atoms with Crippen LogP contribution in [-0.4, -0.2) is 28.6 Å². The van der Waals surface area contributed by atoms with Crippen LogP contribution in [-0.2, 0) is 16.1 Å². The van der Waals surface area contributed by atoms with E-state index in [-0.39, 0.29) is 17.9 Å². The second kappa shape index (κ2) is 7.22. The number of carbonyl (C=O) groups is 2. The van der Waals surface area contributed by atoms with E-state index in [1.54, 1.807) is 0 Å². The molecule has 4 unspecified atom stereocenters. The highest BCUT2D eigenvalue weighted by Crippen LogP contribution is 2.49. The normalized spacial score (nSPS) is 28.8. The number of fused-ring (bicyclic) bond motifs is 2. The van der Waals surface area contributed by atoms with Crippen molar-refractivity contribution in [3.8, 4) is 0 Å². The van der Waals surface area contributed by atoms with Crippen LogP contribution in [0.3, 0.4) is 0 Å². The van der Waals surface area contributed by atoms with Crippen molar-refractivity contribution >= 4 is 17.5 Å². The standard InChI is InChI=1S/C21H27N3O2/c1-14(18-12-16-7-8-17(18)11-16)22-21(26)19-9-10-20(25)24(23-19)13-15-5-3-2-4-6-15/h2-6,14,16-18H,7-13H2,1H3,(H,22,26). The fourth-order valence-corrected chi connectivity index (χ4v) is 4.95. The summed E-state index contributed by atoms with van der Waals surface area (Å²) < 4.78 is 0. The van der Waals surface area contributed by atoms with E-state index >= 15 is 0 Å². The number of hydrazone groups is 1. The minimum atomic E-state index is -0.106. The Bertz CT molecular complexity index is 715. The molecule has 5 nitrogen and oxygen atoms in total. The highest BCUT2D eigenvalue weighted by atomic mass is 16.2. The van der Waals surface area contributed by atoms with E-state index in [2.05, 4.69) is 17.3 Å². The molecule has 1 heterocycles. The van der Waals surface area contributed by atoms with E-state index in [9.17, 15) is 9.59 Å². The average Bonchev–Trinajstić information content (AvgIpc) is 3.28. The second-order valence-corrected chi connectivity index (χ2v) is 8.08. The van der Waals surface area contributed by atoms with Gasteiger partial charge in [-0.15, -0.1) is 0 Å². The highest BCUT2D eigenvalue weighted by Gasteiger charge is 2.42. The maximum atomic E-state index is 12.7. The van der Waals surface area contributed by atoms with Crippen LogP contribution < -0.4 is 5.32 Å². The monoisotopic (exact) mass is 353 g/mol. The molecule has 1 aromatic rings. The lowest BCUT2D eigenvalue weighted by Crippen LogP contribution is -2.45. The Kier molecular flexibility index (Phi) is 4.79. The minimum Gasteiger partial charge on any atom is -0.348 e. The van der Waals surface area contributed by atoms with E-state index in [1.807, 2.05) is 30.3 Å². The lowest BCUT2D eigenvalue weighted by atomic mass is 9.84. The fraction of sp³-hybridized carbons (Fsp3) is 0.571. The molecule has 0 spiro atoms. The molecule has 0 radical (unpaired) electrons. The summed E-state index contributed by atoms with van der Waals surface area (Å²) >= 11 is 0. The third-order valence-corrected chi connectivity index (χ3v) is 6.34. The maximum absolute atomic E-state index is 12.7. The highest BCUT2D eigenvalue weighted by molar-refractivity contribution is 6.39. The van der Waals surface area contributed by atoms with E-state index in [0.717, 1.165) is 17.4 Å². The first-order valence-corrected chi connectivity index (χ1v) is 9.83. The van der Waals surface area contributed by atoms with Gasteiger partial charge in [0.25, 0.3) is 5.91 Å². The minimum absolute atomic E-state index is 0.0217. The van der Waals surface area contributed by atoms with Crippen molar-refractivity contribution in [2.45, 2.75) is 58.0 Å². The molecule has 1 N–H and O–H groups in total. The van der Waals surface area contributed by atoms with Crippen LogP contribution in [0.15, 0.2) is 35.4 Å². The van der Waals surface area contributed by atoms with Gasteiger partial charge in [0, 0.05) is 18.9 Å². The van der Waals surface area contributed by atoms with Gasteiger partial charge in [-0.3, -0.25) is 9.59 Å². The first kappa shape index (κ1) is 17.3. The number of nitrogens with zero attached hydrogens (tertiary/aromatic N) is 2. The number of nitrogens with one attached hydrogen (secondary N) is 1. The van der Waals surface area contributed by atoms with Crippen molar-refractivity contribution in [2.75, 3.05) is 0 Å². The molecule has 4 atom stereocenters. The summed E-state index contributed by atoms with van der Waals surface area (Å²) in [7, 11) is 0. The number of amides is 2. The Balaban J connectivity index is 1.40. The van der Waals surface area contributed by atoms with Gasteiger partial charge in [-0.25, -0.2) is 5.01 Å². The first-order chi connectivity index (χ1) is 12.6. The van der Waals surface area contributed by atoms with Crippen LogP contribution in [0.2, 0.25) is 0 Å². The summed E-state index contributed by atoms with van der Waals surface area (Å²) in [5, 5.41) is 8.98. The van der Waals surface area contributed by atoms with Gasteiger partial charge in [0.15, 0.2) is 0 Å². The zero-order valence-corrected chi connectivity index (χ0v) is 15.4. The van der Waals surface area contributed by atoms with E-state index in [0.29, 0.717) is 31.0 Å². The summed E-state index contributed by atoms with van der Waals surface area (Å²) in [5.41, 5.74) is 1.50. The molecule has 4 rings (SSSR count). The smallest absolute Gasteiger partial charge is 0.267 e. The summed E-state index contributed by atoms with van der Waals surface area (Å²) in [6.07, 6.45) is 6.05. The molecule has 2 amide bonds. The Hall–Kier alpha value is -2.17. The van der Waals surface area contributed by atoms with E-state index in [1.165, 1.54) is 30.7 Å². The van der Waals surface area contributed by atoms with Gasteiger partial charge in [0.05, 0.1) is 6.54 Å². The van der Waals surface area contributed by atoms with Gasteiger partial charge in [0.2, 0.25) is 5.91 Å². The van der Waals surface area contributed by atoms with Gasteiger partial charge >= 0.3 is 0 Å². The van der Waals surface area contributed by atoms with Crippen molar-refractivity contribution in [3.05, 3.63) is 35.9 Å². The van der Waals surface area contributed by atoms with Crippen LogP contribution in [0.5, 0.6) is 0 Å². The second-order valence-electron chi connectivity index (χ2n) is 8.08. The molecule has 2 saturated carbocycles. The van der Waals surface area contributed by atoms with Gasteiger partial charge in [-0.2, -0.15) is 5.10 Å². The predicted octanol–water partition coefficient (Wildman–Crippen LogP) is 3.11. The molecular formula is C21H27N3O2. The SMILES string of the molecule is CC(NC(=O)C1=NN(Cc2ccccc2)C(=O)CC1)C1CC2CCC1C2. The Labute approximate surface area is 154 Å². The molecule has 0 saturated heterocycles. The number of rotatable bonds is 5. The van der Waals surface area contributed by atoms with Crippen LogP contribution >= 0.6 is 0 Å². The van der Waals surface area contributed by atoms with E-state index < -0.39 is 0 Å². The molecule has 5 heteroatoms. The van der Waals surface area contributed by atoms with Gasteiger partial charge in [0.1, 0.15) is 5.71 Å². The summed E-state index contributed by atoms with van der Waals surface area (Å²) in [5.74, 6) is 2.12. The maximum Gasteiger partial charge on any atom is 0.267 e. The molecular weight excluding hydrogens is 326 g/mol. The molecule has 0 aromatic heterocycles. The van der Waals surface area contributed by atoms with Crippen molar-refractivity contribution in [2.24, 2.45) is 22.9 Å². The van der Waals surface area contributed by atoms with Crippen LogP contribution in [0.4, 0.5) is 0 Å². The number of carbonyl (C=O) groups excluding carboxylic acids is 2. The van der Waals surface area contributed by atoms with Crippen molar-refractivity contribution in [3.63, 3.8) is 0 Å². The van der Waals surface area contributed by atoms with Gasteiger partial charge in [-0.1, -0.05) is 36.8 Å². The van der Waals surface area contributed by atoms with Crippen LogP contribution in [0.25, 0.3) is 0 Å². The number of hydrogen-bond acceptors (Lipinski definition) is 3. The van der Waals surface area contributed by atoms with Crippen LogP contribution in [0.1, 0.15) is 51.0 Å². The van der Waals surface area contributed by atoms with Gasteiger partial charge < -0.3 is 5.32 Å². The molecule has 2 bridgehead atoms. The van der Waals surface area contributed by atoms with Crippen molar-refractivity contribution in [1.82, 2.24) is 10.3 Å². The molecule has 2 fully saturated rings. The summed E-state index contributed by atoms with van der Waals surface area (Å²) in [6, 6.07) is 9.94. The lowest BCUT2D eigenvalue weighted by Gasteiger charge is -2.29. The Morgan fingerprint density at radius 3 is 2.73 bits per heavy atom. The van der Waals surface area contributed by atoms with Crippen LogP contribution in [0, 0.1) is 17.8 Å². The number of hydrogen-bond donors (Lipinski definition) is 1. The third kappa shape index (κ3) is 3.53. The zero-order valence-electron chi connectivity index (χ0n) is 15.4. The summed E-state index contributed by atoms with van der Waals surface area (Å²) in [6.45, 7) is 2.54. The topological polar surface area (TPSA) is 61.8 Å². The molecule has 138 valence electrons. The zero-order chi connectivity index (χ0) is 18.1. The third-order valence-electron chi connectivity index (χ3n) is 6.34. The van der Waals surface area contributed by atoms with E-state index in [4.69, 9.17) is 0 Å². The quantitative estimate of drug-likeness (QED) is 0.884. The summed E-state index contributed by atoms with van der Waals surface area (Å²) in [4.78, 5) is 24.9. The predicted molar refractivity (Wildman–Crippen MR) is 100 cm³/mol. The van der Waals surface area contributed by atoms with Crippen molar-refractivity contribution in [1.29, 1.82) is 0 Å². The molecule has 2 aliphatic carbocycles. The molecule has 1 aliphatic heterocycles. The van der Waals surface area contributed by atoms with Crippen molar-refractivity contribution < 1.29 is 9.59 Å².